The average Bonchev–Trinajstić information content (AvgIpc) is 3.34. The van der Waals surface area contributed by atoms with Crippen LogP contribution < -0.4 is 10.1 Å². The monoisotopic (exact) mass is 570 g/mol. The highest BCUT2D eigenvalue weighted by atomic mass is 35.5. The van der Waals surface area contributed by atoms with Gasteiger partial charge in [-0.25, -0.2) is 4.79 Å². The zero-order valence-electron chi connectivity index (χ0n) is 20.4. The molecular weight excluding hydrogens is 547 g/mol. The molecule has 8 nitrogen and oxygen atoms in total. The molecular formula is C27H24Cl2N4O4S. The Balaban J connectivity index is 1.38. The van der Waals surface area contributed by atoms with Gasteiger partial charge in [0.15, 0.2) is 5.16 Å². The van der Waals surface area contributed by atoms with Crippen molar-refractivity contribution >= 4 is 52.5 Å². The lowest BCUT2D eigenvalue weighted by Crippen LogP contribution is -2.15. The number of carbonyl (C=O) groups is 2. The number of rotatable bonds is 11. The van der Waals surface area contributed by atoms with Crippen LogP contribution in [0.15, 0.2) is 78.0 Å². The lowest BCUT2D eigenvalue weighted by molar-refractivity contribution is -0.113. The van der Waals surface area contributed by atoms with Crippen molar-refractivity contribution < 1.29 is 19.1 Å². The molecule has 4 rings (SSSR count). The summed E-state index contributed by atoms with van der Waals surface area (Å²) in [7, 11) is 1.32. The molecule has 0 radical (unpaired) electrons. The molecule has 0 aliphatic carbocycles. The first kappa shape index (κ1) is 27.5. The average molecular weight is 571 g/mol. The molecule has 0 saturated heterocycles. The number of nitrogens with one attached hydrogen (secondary N) is 1. The molecule has 1 amide bonds. The summed E-state index contributed by atoms with van der Waals surface area (Å²) in [5.41, 5.74) is 1.88. The van der Waals surface area contributed by atoms with Gasteiger partial charge in [0.05, 0.1) is 30.1 Å². The molecule has 0 bridgehead atoms. The van der Waals surface area contributed by atoms with Crippen LogP contribution in [-0.2, 0) is 16.0 Å². The van der Waals surface area contributed by atoms with Crippen molar-refractivity contribution in [1.29, 1.82) is 0 Å². The fourth-order valence-electron chi connectivity index (χ4n) is 3.53. The number of amides is 1. The van der Waals surface area contributed by atoms with Gasteiger partial charge in [0.2, 0.25) is 5.91 Å². The summed E-state index contributed by atoms with van der Waals surface area (Å²) in [5, 5.41) is 13.2. The molecule has 1 aromatic heterocycles. The topological polar surface area (TPSA) is 95.3 Å². The van der Waals surface area contributed by atoms with Gasteiger partial charge >= 0.3 is 5.97 Å². The predicted molar refractivity (Wildman–Crippen MR) is 149 cm³/mol. The summed E-state index contributed by atoms with van der Waals surface area (Å²) in [5.74, 6) is 0.807. The van der Waals surface area contributed by atoms with E-state index in [0.717, 1.165) is 11.5 Å². The summed E-state index contributed by atoms with van der Waals surface area (Å²) >= 11 is 13.4. The smallest absolute Gasteiger partial charge is 0.337 e. The minimum atomic E-state index is -0.435. The van der Waals surface area contributed by atoms with Crippen LogP contribution in [0, 0.1) is 0 Å². The molecule has 0 aliphatic heterocycles. The Morgan fingerprint density at radius 1 is 1.00 bits per heavy atom. The normalized spacial score (nSPS) is 10.7. The van der Waals surface area contributed by atoms with Gasteiger partial charge in [-0.2, -0.15) is 0 Å². The maximum Gasteiger partial charge on any atom is 0.337 e. The van der Waals surface area contributed by atoms with Gasteiger partial charge in [0.1, 0.15) is 11.6 Å². The van der Waals surface area contributed by atoms with Crippen LogP contribution >= 0.6 is 35.0 Å². The number of ether oxygens (including phenoxy) is 2. The van der Waals surface area contributed by atoms with Gasteiger partial charge in [-0.15, -0.1) is 10.2 Å². The molecule has 3 aromatic carbocycles. The number of para-hydroxylation sites is 1. The maximum absolute atomic E-state index is 12.6. The second-order valence-electron chi connectivity index (χ2n) is 8.00. The van der Waals surface area contributed by atoms with E-state index in [-0.39, 0.29) is 11.7 Å². The number of aromatic nitrogens is 3. The number of thioether (sulfide) groups is 1. The van der Waals surface area contributed by atoms with Gasteiger partial charge < -0.3 is 14.8 Å². The number of esters is 1. The van der Waals surface area contributed by atoms with E-state index < -0.39 is 5.97 Å². The Hall–Kier alpha value is -3.53. The van der Waals surface area contributed by atoms with Gasteiger partial charge in [-0.1, -0.05) is 53.2 Å². The predicted octanol–water partition coefficient (Wildman–Crippen LogP) is 6.10. The van der Waals surface area contributed by atoms with Crippen molar-refractivity contribution in [3.05, 3.63) is 94.2 Å². The standard InChI is InChI=1S/C27H24Cl2N4O4S/c1-36-26(35)18-9-12-20(13-10-18)30-25(34)17-38-27-32-31-24(33(27)21-6-3-2-4-7-21)8-5-15-37-23-14-11-19(28)16-22(23)29/h2-4,6-7,9-14,16H,5,8,15,17H2,1H3,(H,30,34). The Morgan fingerprint density at radius 3 is 2.47 bits per heavy atom. The number of anilines is 1. The second kappa shape index (κ2) is 13.3. The molecule has 0 unspecified atom stereocenters. The van der Waals surface area contributed by atoms with E-state index >= 15 is 0 Å². The van der Waals surface area contributed by atoms with Crippen molar-refractivity contribution in [2.75, 3.05) is 24.8 Å². The van der Waals surface area contributed by atoms with Crippen LogP contribution in [0.5, 0.6) is 5.75 Å². The third kappa shape index (κ3) is 7.28. The van der Waals surface area contributed by atoms with Crippen LogP contribution in [-0.4, -0.2) is 46.1 Å². The first-order valence-electron chi connectivity index (χ1n) is 11.6. The van der Waals surface area contributed by atoms with E-state index in [1.807, 2.05) is 34.9 Å². The van der Waals surface area contributed by atoms with Crippen LogP contribution in [0.1, 0.15) is 22.6 Å². The van der Waals surface area contributed by atoms with Gasteiger partial charge in [-0.05, 0) is 61.0 Å². The first-order valence-corrected chi connectivity index (χ1v) is 13.4. The van der Waals surface area contributed by atoms with Crippen molar-refractivity contribution in [3.8, 4) is 11.4 Å². The van der Waals surface area contributed by atoms with Gasteiger partial charge in [0.25, 0.3) is 0 Å². The van der Waals surface area contributed by atoms with Crippen molar-refractivity contribution in [2.45, 2.75) is 18.0 Å². The molecule has 0 aliphatic rings. The number of benzene rings is 3. The molecule has 4 aromatic rings. The number of aryl methyl sites for hydroxylation is 1. The fraction of sp³-hybridized carbons (Fsp3) is 0.185. The number of carbonyl (C=O) groups excluding carboxylic acids is 2. The largest absolute Gasteiger partial charge is 0.492 e. The van der Waals surface area contributed by atoms with E-state index in [4.69, 9.17) is 32.7 Å². The third-order valence-corrected chi connectivity index (χ3v) is 6.79. The Labute approximate surface area is 234 Å². The highest BCUT2D eigenvalue weighted by Gasteiger charge is 2.16. The quantitative estimate of drug-likeness (QED) is 0.132. The molecule has 0 fully saturated rings. The van der Waals surface area contributed by atoms with Gasteiger partial charge in [0, 0.05) is 22.8 Å². The second-order valence-corrected chi connectivity index (χ2v) is 9.79. The number of nitrogens with zero attached hydrogens (tertiary/aromatic N) is 3. The summed E-state index contributed by atoms with van der Waals surface area (Å²) in [6, 6.07) is 21.3. The Morgan fingerprint density at radius 2 is 1.76 bits per heavy atom. The number of hydrogen-bond acceptors (Lipinski definition) is 7. The maximum atomic E-state index is 12.6. The summed E-state index contributed by atoms with van der Waals surface area (Å²) in [6.07, 6.45) is 1.28. The van der Waals surface area contributed by atoms with Crippen LogP contribution in [0.4, 0.5) is 5.69 Å². The molecule has 1 N–H and O–H groups in total. The Bertz CT molecular complexity index is 1400. The third-order valence-electron chi connectivity index (χ3n) is 5.33. The highest BCUT2D eigenvalue weighted by molar-refractivity contribution is 7.99. The molecule has 38 heavy (non-hydrogen) atoms. The molecule has 196 valence electrons. The van der Waals surface area contributed by atoms with Crippen LogP contribution in [0.2, 0.25) is 10.0 Å². The van der Waals surface area contributed by atoms with Gasteiger partial charge in [-0.3, -0.25) is 9.36 Å². The lowest BCUT2D eigenvalue weighted by Gasteiger charge is -2.11. The van der Waals surface area contributed by atoms with E-state index in [1.54, 1.807) is 42.5 Å². The number of methoxy groups -OCH3 is 1. The minimum absolute atomic E-state index is 0.127. The Kier molecular flexibility index (Phi) is 9.64. The molecule has 0 saturated carbocycles. The number of halogens is 2. The van der Waals surface area contributed by atoms with E-state index in [0.29, 0.717) is 51.7 Å². The molecule has 0 spiro atoms. The van der Waals surface area contributed by atoms with Crippen LogP contribution in [0.3, 0.4) is 0 Å². The van der Waals surface area contributed by atoms with E-state index in [2.05, 4.69) is 15.5 Å². The van der Waals surface area contributed by atoms with Crippen molar-refractivity contribution in [1.82, 2.24) is 14.8 Å². The van der Waals surface area contributed by atoms with E-state index in [9.17, 15) is 9.59 Å². The lowest BCUT2D eigenvalue weighted by atomic mass is 10.2. The summed E-state index contributed by atoms with van der Waals surface area (Å²) in [6.45, 7) is 0.433. The minimum Gasteiger partial charge on any atom is -0.492 e. The SMILES string of the molecule is COC(=O)c1ccc(NC(=O)CSc2nnc(CCCOc3ccc(Cl)cc3Cl)n2-c2ccccc2)cc1. The van der Waals surface area contributed by atoms with E-state index in [1.165, 1.54) is 18.9 Å². The summed E-state index contributed by atoms with van der Waals surface area (Å²) in [4.78, 5) is 24.2. The van der Waals surface area contributed by atoms with Crippen molar-refractivity contribution in [2.24, 2.45) is 0 Å². The highest BCUT2D eigenvalue weighted by Crippen LogP contribution is 2.28. The van der Waals surface area contributed by atoms with Crippen molar-refractivity contribution in [3.63, 3.8) is 0 Å². The molecule has 11 heteroatoms. The zero-order chi connectivity index (χ0) is 26.9. The zero-order valence-corrected chi connectivity index (χ0v) is 22.7. The first-order chi connectivity index (χ1) is 18.4. The molecule has 0 atom stereocenters. The fourth-order valence-corrected chi connectivity index (χ4v) is 4.77. The summed E-state index contributed by atoms with van der Waals surface area (Å²) < 4.78 is 12.4. The number of hydrogen-bond donors (Lipinski definition) is 1. The molecule has 1 heterocycles. The van der Waals surface area contributed by atoms with Crippen LogP contribution in [0.25, 0.3) is 5.69 Å².